The SMILES string of the molecule is N[C@@H](CNC(=O)NC(C[S-])C(=O)O)C(=O)O.[Pd]. The van der Waals surface area contributed by atoms with Crippen LogP contribution in [0.1, 0.15) is 0 Å². The first-order valence-corrected chi connectivity index (χ1v) is 4.80. The first kappa shape index (κ1) is 18.5. The summed E-state index contributed by atoms with van der Waals surface area (Å²) in [6, 6.07) is -3.25. The minimum absolute atomic E-state index is 0. The van der Waals surface area contributed by atoms with E-state index in [9.17, 15) is 14.4 Å². The van der Waals surface area contributed by atoms with E-state index < -0.39 is 30.1 Å². The summed E-state index contributed by atoms with van der Waals surface area (Å²) in [6.45, 7) is -0.301. The van der Waals surface area contributed by atoms with Gasteiger partial charge in [0.25, 0.3) is 0 Å². The second kappa shape index (κ2) is 9.24. The third kappa shape index (κ3) is 7.98. The van der Waals surface area contributed by atoms with Crippen LogP contribution in [0, 0.1) is 0 Å². The van der Waals surface area contributed by atoms with Crippen LogP contribution in [0.3, 0.4) is 0 Å². The third-order valence-corrected chi connectivity index (χ3v) is 1.90. The van der Waals surface area contributed by atoms with E-state index >= 15 is 0 Å². The molecule has 1 unspecified atom stereocenters. The number of nitrogens with two attached hydrogens (primary N) is 1. The first-order chi connectivity index (χ1) is 7.38. The summed E-state index contributed by atoms with van der Waals surface area (Å²) in [5.41, 5.74) is 5.11. The predicted molar refractivity (Wildman–Crippen MR) is 55.8 cm³/mol. The molecule has 6 N–H and O–H groups in total. The Morgan fingerprint density at radius 1 is 1.24 bits per heavy atom. The molecule has 0 heterocycles. The van der Waals surface area contributed by atoms with E-state index in [4.69, 9.17) is 15.9 Å². The molecule has 0 aliphatic heterocycles. The van der Waals surface area contributed by atoms with E-state index in [2.05, 4.69) is 23.3 Å². The number of carbonyl (C=O) groups is 3. The van der Waals surface area contributed by atoms with Crippen LogP contribution < -0.4 is 16.4 Å². The Morgan fingerprint density at radius 2 is 1.76 bits per heavy atom. The second-order valence-electron chi connectivity index (χ2n) is 2.86. The van der Waals surface area contributed by atoms with Crippen molar-refractivity contribution in [2.45, 2.75) is 12.1 Å². The Hall–Kier alpha value is -0.818. The smallest absolute Gasteiger partial charge is 0.324 e. The molecule has 0 saturated heterocycles. The van der Waals surface area contributed by atoms with Crippen LogP contribution in [0.4, 0.5) is 4.79 Å². The van der Waals surface area contributed by atoms with Gasteiger partial charge < -0.3 is 39.2 Å². The van der Waals surface area contributed by atoms with Gasteiger partial charge in [0, 0.05) is 27.0 Å². The van der Waals surface area contributed by atoms with Gasteiger partial charge in [-0.15, -0.1) is 5.75 Å². The minimum Gasteiger partial charge on any atom is -0.790 e. The molecule has 0 spiro atoms. The summed E-state index contributed by atoms with van der Waals surface area (Å²) in [5, 5.41) is 21.1. The van der Waals surface area contributed by atoms with Crippen molar-refractivity contribution in [2.24, 2.45) is 5.73 Å². The molecule has 0 radical (unpaired) electrons. The van der Waals surface area contributed by atoms with Gasteiger partial charge in [-0.25, -0.2) is 4.79 Å². The van der Waals surface area contributed by atoms with E-state index in [1.54, 1.807) is 0 Å². The van der Waals surface area contributed by atoms with Gasteiger partial charge in [0.15, 0.2) is 0 Å². The van der Waals surface area contributed by atoms with Crippen molar-refractivity contribution in [3.8, 4) is 0 Å². The van der Waals surface area contributed by atoms with Crippen molar-refractivity contribution in [2.75, 3.05) is 12.3 Å². The molecule has 0 fully saturated rings. The average molecular weight is 357 g/mol. The number of urea groups is 1. The number of carboxylic acid groups (broad SMARTS) is 2. The Kier molecular flexibility index (Phi) is 10.1. The average Bonchev–Trinajstić information content (AvgIpc) is 2.21. The van der Waals surface area contributed by atoms with Gasteiger partial charge >= 0.3 is 18.0 Å². The van der Waals surface area contributed by atoms with Gasteiger partial charge in [-0.3, -0.25) is 9.59 Å². The number of hydrogen-bond donors (Lipinski definition) is 5. The molecule has 10 heteroatoms. The molecular weight excluding hydrogens is 345 g/mol. The largest absolute Gasteiger partial charge is 0.790 e. The number of rotatable bonds is 6. The van der Waals surface area contributed by atoms with Crippen molar-refractivity contribution in [3.63, 3.8) is 0 Å². The zero-order valence-electron chi connectivity index (χ0n) is 8.49. The molecule has 17 heavy (non-hydrogen) atoms. The van der Waals surface area contributed by atoms with Gasteiger partial charge in [0.1, 0.15) is 12.1 Å². The number of amides is 2. The second-order valence-corrected chi connectivity index (χ2v) is 3.19. The summed E-state index contributed by atoms with van der Waals surface area (Å²) >= 11 is 4.50. The molecule has 102 valence electrons. The quantitative estimate of drug-likeness (QED) is 0.266. The fraction of sp³-hybridized carbons (Fsp3) is 0.571. The minimum atomic E-state index is -1.27. The Labute approximate surface area is 116 Å². The monoisotopic (exact) mass is 356 g/mol. The molecule has 2 atom stereocenters. The molecule has 0 aromatic heterocycles. The molecular formula is C7H12N3O5PdS-. The normalized spacial score (nSPS) is 12.8. The topological polar surface area (TPSA) is 142 Å². The molecule has 0 aliphatic rings. The first-order valence-electron chi connectivity index (χ1n) is 4.22. The summed E-state index contributed by atoms with van der Waals surface area (Å²) in [5.74, 6) is -2.71. The van der Waals surface area contributed by atoms with Crippen molar-refractivity contribution < 1.29 is 45.0 Å². The van der Waals surface area contributed by atoms with Crippen molar-refractivity contribution in [3.05, 3.63) is 0 Å². The molecule has 2 amide bonds. The fourth-order valence-corrected chi connectivity index (χ4v) is 0.900. The third-order valence-electron chi connectivity index (χ3n) is 1.57. The van der Waals surface area contributed by atoms with Crippen molar-refractivity contribution in [1.82, 2.24) is 10.6 Å². The van der Waals surface area contributed by atoms with Crippen LogP contribution in [-0.4, -0.2) is 52.6 Å². The molecule has 0 bridgehead atoms. The number of carboxylic acids is 2. The zero-order chi connectivity index (χ0) is 12.7. The van der Waals surface area contributed by atoms with Crippen LogP contribution in [0.5, 0.6) is 0 Å². The summed E-state index contributed by atoms with van der Waals surface area (Å²) < 4.78 is 0. The Balaban J connectivity index is 0. The van der Waals surface area contributed by atoms with E-state index in [0.717, 1.165) is 0 Å². The maximum Gasteiger partial charge on any atom is 0.324 e. The van der Waals surface area contributed by atoms with Gasteiger partial charge in [0.2, 0.25) is 0 Å². The van der Waals surface area contributed by atoms with Crippen LogP contribution in [0.15, 0.2) is 0 Å². The summed E-state index contributed by atoms with van der Waals surface area (Å²) in [6.07, 6.45) is 0. The van der Waals surface area contributed by atoms with Gasteiger partial charge in [0.05, 0.1) is 0 Å². The fourth-order valence-electron chi connectivity index (χ4n) is 0.674. The van der Waals surface area contributed by atoms with Gasteiger partial charge in [-0.1, -0.05) is 0 Å². The standard InChI is InChI=1S/C7H13N3O5S.Pd/c8-3(5(11)12)1-9-7(15)10-4(2-16)6(13)14;/h3-4,16H,1-2,8H2,(H,11,12)(H,13,14)(H2,9,10,15);/p-1/t3-,4?;/m0./s1. The van der Waals surface area contributed by atoms with E-state index in [1.807, 2.05) is 0 Å². The zero-order valence-corrected chi connectivity index (χ0v) is 10.9. The Bertz CT molecular complexity index is 291. The van der Waals surface area contributed by atoms with Crippen molar-refractivity contribution >= 4 is 30.6 Å². The van der Waals surface area contributed by atoms with Gasteiger partial charge in [-0.2, -0.15) is 0 Å². The van der Waals surface area contributed by atoms with Crippen molar-refractivity contribution in [1.29, 1.82) is 0 Å². The molecule has 0 aliphatic carbocycles. The predicted octanol–water partition coefficient (Wildman–Crippen LogP) is -2.30. The maximum absolute atomic E-state index is 11.1. The Morgan fingerprint density at radius 3 is 2.12 bits per heavy atom. The van der Waals surface area contributed by atoms with E-state index in [-0.39, 0.29) is 32.7 Å². The number of carbonyl (C=O) groups excluding carboxylic acids is 1. The molecule has 0 saturated carbocycles. The molecule has 0 aromatic rings. The van der Waals surface area contributed by atoms with Gasteiger partial charge in [-0.05, 0) is 0 Å². The number of nitrogens with one attached hydrogen (secondary N) is 2. The van der Waals surface area contributed by atoms with E-state index in [1.165, 1.54) is 0 Å². The van der Waals surface area contributed by atoms with Crippen LogP contribution >= 0.6 is 0 Å². The molecule has 8 nitrogen and oxygen atoms in total. The molecule has 0 aromatic carbocycles. The summed E-state index contributed by atoms with van der Waals surface area (Å²) in [4.78, 5) is 31.8. The van der Waals surface area contributed by atoms with E-state index in [0.29, 0.717) is 0 Å². The summed E-state index contributed by atoms with van der Waals surface area (Å²) in [7, 11) is 0. The van der Waals surface area contributed by atoms with Crippen LogP contribution in [-0.2, 0) is 42.6 Å². The maximum atomic E-state index is 11.1. The van der Waals surface area contributed by atoms with Crippen LogP contribution in [0.2, 0.25) is 0 Å². The molecule has 0 rings (SSSR count). The van der Waals surface area contributed by atoms with Crippen LogP contribution in [0.25, 0.3) is 0 Å². The number of hydrogen-bond acceptors (Lipinski definition) is 5. The number of aliphatic carboxylic acids is 2.